The number of phenols is 1. The maximum absolute atomic E-state index is 12.8. The summed E-state index contributed by atoms with van der Waals surface area (Å²) in [5.41, 5.74) is 0.569. The summed E-state index contributed by atoms with van der Waals surface area (Å²) in [6, 6.07) is 4.81. The number of phenolic OH excluding ortho intramolecular Hbond substituents is 1. The lowest BCUT2D eigenvalue weighted by atomic mass is 9.77. The summed E-state index contributed by atoms with van der Waals surface area (Å²) >= 11 is 0. The average molecular weight is 372 g/mol. The van der Waals surface area contributed by atoms with Crippen LogP contribution in [0.4, 0.5) is 10.5 Å². The quantitative estimate of drug-likeness (QED) is 0.614. The molecular formula is C20H28N4O3. The van der Waals surface area contributed by atoms with Crippen molar-refractivity contribution < 1.29 is 14.7 Å². The fourth-order valence-electron chi connectivity index (χ4n) is 3.85. The highest BCUT2D eigenvalue weighted by atomic mass is 16.3. The zero-order valence-electron chi connectivity index (χ0n) is 16.2. The molecule has 3 rings (SSSR count). The number of hydrogen-bond acceptors (Lipinski definition) is 5. The van der Waals surface area contributed by atoms with E-state index < -0.39 is 11.6 Å². The van der Waals surface area contributed by atoms with Crippen LogP contribution in [0.25, 0.3) is 0 Å². The molecule has 1 saturated carbocycles. The number of hydrogen-bond donors (Lipinski definition) is 2. The van der Waals surface area contributed by atoms with Gasteiger partial charge in [-0.2, -0.15) is 5.10 Å². The first kappa shape index (κ1) is 19.2. The summed E-state index contributed by atoms with van der Waals surface area (Å²) in [6.07, 6.45) is 4.49. The van der Waals surface area contributed by atoms with Crippen molar-refractivity contribution in [3.63, 3.8) is 0 Å². The Morgan fingerprint density at radius 2 is 1.96 bits per heavy atom. The third-order valence-corrected chi connectivity index (χ3v) is 5.72. The van der Waals surface area contributed by atoms with Crippen LogP contribution in [-0.2, 0) is 4.79 Å². The highest BCUT2D eigenvalue weighted by Gasteiger charge is 2.52. The molecule has 0 radical (unpaired) electrons. The second-order valence-corrected chi connectivity index (χ2v) is 7.47. The van der Waals surface area contributed by atoms with Gasteiger partial charge in [-0.05, 0) is 57.6 Å². The largest absolute Gasteiger partial charge is 0.507 e. The Morgan fingerprint density at radius 1 is 1.30 bits per heavy atom. The molecule has 7 heteroatoms. The van der Waals surface area contributed by atoms with Crippen molar-refractivity contribution in [1.82, 2.24) is 10.3 Å². The Labute approximate surface area is 160 Å². The van der Waals surface area contributed by atoms with Crippen molar-refractivity contribution in [3.05, 3.63) is 23.8 Å². The van der Waals surface area contributed by atoms with Gasteiger partial charge >= 0.3 is 6.03 Å². The van der Waals surface area contributed by atoms with Crippen LogP contribution in [0.5, 0.6) is 5.75 Å². The SMILES string of the molecule is CCN(CC)c1ccc(/C=N/N2C(=O)NC3(CCC(C)CC3)C2=O)c(O)c1. The molecule has 1 aliphatic carbocycles. The van der Waals surface area contributed by atoms with Gasteiger partial charge in [0.1, 0.15) is 11.3 Å². The highest BCUT2D eigenvalue weighted by molar-refractivity contribution is 6.07. The molecule has 0 bridgehead atoms. The molecular weight excluding hydrogens is 344 g/mol. The van der Waals surface area contributed by atoms with Crippen LogP contribution in [0.15, 0.2) is 23.3 Å². The molecule has 0 unspecified atom stereocenters. The highest BCUT2D eigenvalue weighted by Crippen LogP contribution is 2.36. The zero-order valence-corrected chi connectivity index (χ0v) is 16.2. The molecule has 7 nitrogen and oxygen atoms in total. The van der Waals surface area contributed by atoms with Crippen LogP contribution in [0, 0.1) is 5.92 Å². The lowest BCUT2D eigenvalue weighted by molar-refractivity contribution is -0.132. The van der Waals surface area contributed by atoms with Gasteiger partial charge in [0.05, 0.1) is 6.21 Å². The minimum atomic E-state index is -0.810. The van der Waals surface area contributed by atoms with E-state index in [0.717, 1.165) is 36.6 Å². The second kappa shape index (κ2) is 7.58. The number of nitrogens with zero attached hydrogens (tertiary/aromatic N) is 3. The molecule has 1 saturated heterocycles. The molecule has 0 atom stereocenters. The normalized spacial score (nSPS) is 25.4. The van der Waals surface area contributed by atoms with Gasteiger partial charge in [-0.25, -0.2) is 4.79 Å². The van der Waals surface area contributed by atoms with Gasteiger partial charge in [0.25, 0.3) is 5.91 Å². The Balaban J connectivity index is 1.76. The molecule has 1 aromatic carbocycles. The third-order valence-electron chi connectivity index (χ3n) is 5.72. The minimum absolute atomic E-state index is 0.0661. The van der Waals surface area contributed by atoms with Gasteiger partial charge in [-0.15, -0.1) is 5.01 Å². The Hall–Kier alpha value is -2.57. The van der Waals surface area contributed by atoms with Gasteiger partial charge in [-0.3, -0.25) is 4.79 Å². The Bertz CT molecular complexity index is 750. The van der Waals surface area contributed by atoms with E-state index in [4.69, 9.17) is 0 Å². The standard InChI is InChI=1S/C20H28N4O3/c1-4-23(5-2)16-7-6-15(17(25)12-16)13-21-24-18(26)20(22-19(24)27)10-8-14(3)9-11-20/h6-7,12-14,25H,4-5,8-11H2,1-3H3,(H,22,27)/b21-13+. The second-order valence-electron chi connectivity index (χ2n) is 7.47. The van der Waals surface area contributed by atoms with Gasteiger partial charge in [0.15, 0.2) is 0 Å². The third kappa shape index (κ3) is 3.63. The first-order valence-corrected chi connectivity index (χ1v) is 9.69. The summed E-state index contributed by atoms with van der Waals surface area (Å²) in [5, 5.41) is 18.1. The lowest BCUT2D eigenvalue weighted by Gasteiger charge is -2.33. The van der Waals surface area contributed by atoms with Gasteiger partial charge < -0.3 is 15.3 Å². The van der Waals surface area contributed by atoms with Crippen LogP contribution in [0.2, 0.25) is 0 Å². The van der Waals surface area contributed by atoms with Gasteiger partial charge in [0.2, 0.25) is 0 Å². The zero-order chi connectivity index (χ0) is 19.6. The number of carbonyl (C=O) groups excluding carboxylic acids is 2. The summed E-state index contributed by atoms with van der Waals surface area (Å²) in [4.78, 5) is 27.2. The van der Waals surface area contributed by atoms with E-state index in [-0.39, 0.29) is 11.7 Å². The predicted octanol–water partition coefficient (Wildman–Crippen LogP) is 3.07. The summed E-state index contributed by atoms with van der Waals surface area (Å²) < 4.78 is 0. The molecule has 2 fully saturated rings. The number of anilines is 1. The summed E-state index contributed by atoms with van der Waals surface area (Å²) in [7, 11) is 0. The molecule has 1 aliphatic heterocycles. The fraction of sp³-hybridized carbons (Fsp3) is 0.550. The molecule has 146 valence electrons. The lowest BCUT2D eigenvalue weighted by Crippen LogP contribution is -2.49. The smallest absolute Gasteiger partial charge is 0.346 e. The number of hydrazone groups is 1. The Morgan fingerprint density at radius 3 is 2.56 bits per heavy atom. The molecule has 1 aromatic rings. The van der Waals surface area contributed by atoms with E-state index in [0.29, 0.717) is 24.3 Å². The van der Waals surface area contributed by atoms with Crippen LogP contribution >= 0.6 is 0 Å². The fourth-order valence-corrected chi connectivity index (χ4v) is 3.85. The first-order chi connectivity index (χ1) is 12.9. The van der Waals surface area contributed by atoms with Crippen molar-refractivity contribution in [2.24, 2.45) is 11.0 Å². The number of amides is 3. The topological polar surface area (TPSA) is 85.2 Å². The van der Waals surface area contributed by atoms with E-state index in [1.54, 1.807) is 12.1 Å². The number of benzene rings is 1. The van der Waals surface area contributed by atoms with Crippen LogP contribution < -0.4 is 10.2 Å². The van der Waals surface area contributed by atoms with Gasteiger partial charge in [-0.1, -0.05) is 6.92 Å². The van der Waals surface area contributed by atoms with Crippen molar-refractivity contribution in [2.45, 2.75) is 52.0 Å². The van der Waals surface area contributed by atoms with Crippen LogP contribution in [0.3, 0.4) is 0 Å². The first-order valence-electron chi connectivity index (χ1n) is 9.69. The summed E-state index contributed by atoms with van der Waals surface area (Å²) in [6.45, 7) is 7.94. The molecule has 1 heterocycles. The molecule has 2 aliphatic rings. The van der Waals surface area contributed by atoms with Crippen molar-refractivity contribution in [1.29, 1.82) is 0 Å². The number of urea groups is 1. The maximum Gasteiger partial charge on any atom is 0.346 e. The number of rotatable bonds is 5. The monoisotopic (exact) mass is 372 g/mol. The number of imide groups is 1. The van der Waals surface area contributed by atoms with Crippen molar-refractivity contribution >= 4 is 23.8 Å². The average Bonchev–Trinajstić information content (AvgIpc) is 2.88. The Kier molecular flexibility index (Phi) is 5.39. The molecule has 0 aromatic heterocycles. The molecule has 27 heavy (non-hydrogen) atoms. The predicted molar refractivity (Wildman–Crippen MR) is 105 cm³/mol. The molecule has 1 spiro atoms. The minimum Gasteiger partial charge on any atom is -0.507 e. The van der Waals surface area contributed by atoms with Crippen LogP contribution in [-0.4, -0.2) is 46.9 Å². The maximum atomic E-state index is 12.8. The van der Waals surface area contributed by atoms with E-state index >= 15 is 0 Å². The molecule has 3 amide bonds. The van der Waals surface area contributed by atoms with E-state index in [1.165, 1.54) is 6.21 Å². The summed E-state index contributed by atoms with van der Waals surface area (Å²) in [5.74, 6) is 0.338. The number of nitrogens with one attached hydrogen (secondary N) is 1. The van der Waals surface area contributed by atoms with Crippen molar-refractivity contribution in [2.75, 3.05) is 18.0 Å². The molecule has 2 N–H and O–H groups in total. The van der Waals surface area contributed by atoms with E-state index in [2.05, 4.69) is 36.1 Å². The van der Waals surface area contributed by atoms with E-state index in [9.17, 15) is 14.7 Å². The van der Waals surface area contributed by atoms with Crippen molar-refractivity contribution in [3.8, 4) is 5.75 Å². The van der Waals surface area contributed by atoms with Crippen LogP contribution in [0.1, 0.15) is 52.0 Å². The number of carbonyl (C=O) groups is 2. The van der Waals surface area contributed by atoms with Gasteiger partial charge in [0, 0.05) is 30.4 Å². The van der Waals surface area contributed by atoms with E-state index in [1.807, 2.05) is 6.07 Å². The number of aromatic hydroxyl groups is 1.